The number of carbonyl (C=O) groups is 2. The smallest absolute Gasteiger partial charge is 0.343 e. The molecule has 8 nitrogen and oxygen atoms in total. The summed E-state index contributed by atoms with van der Waals surface area (Å²) >= 11 is 0. The largest absolute Gasteiger partial charge is 0.502 e. The number of ether oxygens (including phenoxy) is 6. The van der Waals surface area contributed by atoms with Gasteiger partial charge in [-0.05, 0) is 104 Å². The van der Waals surface area contributed by atoms with Crippen molar-refractivity contribution >= 4 is 11.9 Å². The summed E-state index contributed by atoms with van der Waals surface area (Å²) in [5.41, 5.74) is 1.52. The van der Waals surface area contributed by atoms with E-state index >= 15 is 0 Å². The van der Waals surface area contributed by atoms with Gasteiger partial charge in [-0.1, -0.05) is 20.1 Å². The summed E-state index contributed by atoms with van der Waals surface area (Å²) in [6.07, 6.45) is 6.85. The van der Waals surface area contributed by atoms with Crippen LogP contribution in [0, 0.1) is 0 Å². The van der Waals surface area contributed by atoms with E-state index in [1.807, 2.05) is 6.92 Å². The lowest BCUT2D eigenvalue weighted by Crippen LogP contribution is -2.11. The quantitative estimate of drug-likeness (QED) is 0.0637. The molecule has 0 saturated carbocycles. The highest BCUT2D eigenvalue weighted by Gasteiger charge is 2.15. The zero-order chi connectivity index (χ0) is 30.0. The van der Waals surface area contributed by atoms with Crippen LogP contribution in [-0.4, -0.2) is 38.4 Å². The molecule has 0 N–H and O–H groups in total. The Kier molecular flexibility index (Phi) is 13.5. The van der Waals surface area contributed by atoms with Crippen molar-refractivity contribution in [2.45, 2.75) is 39.0 Å². The van der Waals surface area contributed by atoms with Crippen LogP contribution in [0.4, 0.5) is 0 Å². The molecule has 0 spiro atoms. The van der Waals surface area contributed by atoms with Crippen LogP contribution in [0.2, 0.25) is 0 Å². The Balaban J connectivity index is 1.49. The van der Waals surface area contributed by atoms with Gasteiger partial charge in [-0.3, -0.25) is 0 Å². The van der Waals surface area contributed by atoms with Gasteiger partial charge >= 0.3 is 11.9 Å². The van der Waals surface area contributed by atoms with Crippen molar-refractivity contribution in [3.8, 4) is 23.0 Å². The van der Waals surface area contributed by atoms with Gasteiger partial charge in [0.25, 0.3) is 0 Å². The maximum absolute atomic E-state index is 12.8. The summed E-state index contributed by atoms with van der Waals surface area (Å²) in [6.45, 7) is 11.3. The van der Waals surface area contributed by atoms with Gasteiger partial charge in [0.1, 0.15) is 23.0 Å². The van der Waals surface area contributed by atoms with E-state index in [-0.39, 0.29) is 0 Å². The number of carbonyl (C=O) groups excluding carboxylic acids is 2. The second-order valence-electron chi connectivity index (χ2n) is 9.14. The fraction of sp³-hybridized carbons (Fsp3) is 0.294. The molecule has 0 fully saturated rings. The molecule has 0 aliphatic rings. The van der Waals surface area contributed by atoms with E-state index in [1.54, 1.807) is 66.7 Å². The lowest BCUT2D eigenvalue weighted by atomic mass is 10.1. The van der Waals surface area contributed by atoms with E-state index in [0.29, 0.717) is 67.0 Å². The maximum atomic E-state index is 12.8. The van der Waals surface area contributed by atoms with Crippen molar-refractivity contribution < 1.29 is 38.0 Å². The van der Waals surface area contributed by atoms with Crippen molar-refractivity contribution in [3.63, 3.8) is 0 Å². The maximum Gasteiger partial charge on any atom is 0.343 e. The molecule has 8 heteroatoms. The van der Waals surface area contributed by atoms with Gasteiger partial charge in [0.15, 0.2) is 0 Å². The van der Waals surface area contributed by atoms with Crippen molar-refractivity contribution in [2.24, 2.45) is 0 Å². The first-order valence-electron chi connectivity index (χ1n) is 14.0. The molecule has 0 aromatic heterocycles. The average Bonchev–Trinajstić information content (AvgIpc) is 3.01. The Morgan fingerprint density at radius 3 is 1.55 bits per heavy atom. The zero-order valence-corrected chi connectivity index (χ0v) is 24.0. The standard InChI is InChI=1S/C34H38O8/c1-4-26-25-31(41-33(35)27-11-15-29(16-12-27)39-23-9-7-21-37-5-2)19-20-32(26)42-34(36)28-13-17-30(18-14-28)40-24-10-8-22-38-6-3/h5-6,11-20,25H,2-4,7-10,21-24H2,1H3. The predicted molar refractivity (Wildman–Crippen MR) is 160 cm³/mol. The third kappa shape index (κ3) is 10.7. The fourth-order valence-electron chi connectivity index (χ4n) is 3.82. The first-order valence-corrected chi connectivity index (χ1v) is 14.0. The minimum Gasteiger partial charge on any atom is -0.502 e. The van der Waals surface area contributed by atoms with E-state index < -0.39 is 11.9 Å². The Morgan fingerprint density at radius 1 is 0.619 bits per heavy atom. The second kappa shape index (κ2) is 17.9. The summed E-state index contributed by atoms with van der Waals surface area (Å²) in [7, 11) is 0. The SMILES string of the molecule is C=COCCCCOc1ccc(C(=O)Oc2ccc(OC(=O)c3ccc(OCCCCOC=C)cc3)c(CC)c2)cc1. The highest BCUT2D eigenvalue weighted by molar-refractivity contribution is 5.92. The molecule has 0 bridgehead atoms. The Labute approximate surface area is 247 Å². The molecule has 0 radical (unpaired) electrons. The van der Waals surface area contributed by atoms with Crippen LogP contribution < -0.4 is 18.9 Å². The molecule has 3 aromatic rings. The van der Waals surface area contributed by atoms with Crippen LogP contribution >= 0.6 is 0 Å². The molecule has 3 aromatic carbocycles. The lowest BCUT2D eigenvalue weighted by molar-refractivity contribution is 0.0718. The van der Waals surface area contributed by atoms with Crippen LogP contribution in [0.1, 0.15) is 58.9 Å². The van der Waals surface area contributed by atoms with E-state index in [2.05, 4.69) is 13.2 Å². The van der Waals surface area contributed by atoms with Crippen molar-refractivity contribution in [2.75, 3.05) is 26.4 Å². The van der Waals surface area contributed by atoms with Crippen LogP contribution in [0.15, 0.2) is 92.4 Å². The Morgan fingerprint density at radius 2 is 1.07 bits per heavy atom. The Hall–Kier alpha value is -4.72. The van der Waals surface area contributed by atoms with Crippen LogP contribution in [0.5, 0.6) is 23.0 Å². The van der Waals surface area contributed by atoms with Crippen molar-refractivity contribution in [3.05, 3.63) is 109 Å². The summed E-state index contributed by atoms with van der Waals surface area (Å²) in [5, 5.41) is 0. The van der Waals surface area contributed by atoms with E-state index in [1.165, 1.54) is 12.5 Å². The van der Waals surface area contributed by atoms with Gasteiger partial charge in [0.05, 0.1) is 50.1 Å². The van der Waals surface area contributed by atoms with Crippen molar-refractivity contribution in [1.82, 2.24) is 0 Å². The lowest BCUT2D eigenvalue weighted by Gasteiger charge is -2.12. The molecule has 0 saturated heterocycles. The predicted octanol–water partition coefficient (Wildman–Crippen LogP) is 7.33. The fourth-order valence-corrected chi connectivity index (χ4v) is 3.82. The summed E-state index contributed by atoms with van der Waals surface area (Å²) in [4.78, 5) is 25.5. The topological polar surface area (TPSA) is 89.5 Å². The van der Waals surface area contributed by atoms with Gasteiger partial charge in [0, 0.05) is 0 Å². The molecular formula is C34H38O8. The Bertz CT molecular complexity index is 1280. The highest BCUT2D eigenvalue weighted by atomic mass is 16.5. The van der Waals surface area contributed by atoms with E-state index in [4.69, 9.17) is 28.4 Å². The molecule has 0 amide bonds. The third-order valence-corrected chi connectivity index (χ3v) is 6.09. The van der Waals surface area contributed by atoms with Crippen molar-refractivity contribution in [1.29, 1.82) is 0 Å². The molecule has 0 unspecified atom stereocenters. The molecule has 0 heterocycles. The number of benzene rings is 3. The summed E-state index contributed by atoms with van der Waals surface area (Å²) in [6, 6.07) is 18.5. The monoisotopic (exact) mass is 574 g/mol. The van der Waals surface area contributed by atoms with Crippen LogP contribution in [0.25, 0.3) is 0 Å². The minimum atomic E-state index is -0.498. The zero-order valence-electron chi connectivity index (χ0n) is 24.0. The number of aryl methyl sites for hydroxylation is 1. The number of hydrogen-bond acceptors (Lipinski definition) is 8. The van der Waals surface area contributed by atoms with Gasteiger partial charge < -0.3 is 28.4 Å². The molecule has 3 rings (SSSR count). The number of rotatable bonds is 19. The molecule has 0 atom stereocenters. The van der Waals surface area contributed by atoms with Crippen LogP contribution in [0.3, 0.4) is 0 Å². The number of esters is 2. The van der Waals surface area contributed by atoms with E-state index in [9.17, 15) is 9.59 Å². The molecular weight excluding hydrogens is 536 g/mol. The van der Waals surface area contributed by atoms with Gasteiger partial charge in [-0.25, -0.2) is 9.59 Å². The first-order chi connectivity index (χ1) is 20.5. The number of unbranched alkanes of at least 4 members (excludes halogenated alkanes) is 2. The van der Waals surface area contributed by atoms with Gasteiger partial charge in [-0.15, -0.1) is 0 Å². The van der Waals surface area contributed by atoms with Gasteiger partial charge in [0.2, 0.25) is 0 Å². The molecule has 222 valence electrons. The normalized spacial score (nSPS) is 10.3. The molecule has 0 aliphatic carbocycles. The number of hydrogen-bond donors (Lipinski definition) is 0. The van der Waals surface area contributed by atoms with E-state index in [0.717, 1.165) is 31.2 Å². The van der Waals surface area contributed by atoms with Gasteiger partial charge in [-0.2, -0.15) is 0 Å². The third-order valence-electron chi connectivity index (χ3n) is 6.09. The molecule has 0 aliphatic heterocycles. The minimum absolute atomic E-state index is 0.358. The summed E-state index contributed by atoms with van der Waals surface area (Å²) in [5.74, 6) is 1.11. The second-order valence-corrected chi connectivity index (χ2v) is 9.14. The average molecular weight is 575 g/mol. The molecule has 42 heavy (non-hydrogen) atoms. The summed E-state index contributed by atoms with van der Waals surface area (Å²) < 4.78 is 32.8. The van der Waals surface area contributed by atoms with Crippen LogP contribution in [-0.2, 0) is 15.9 Å². The highest BCUT2D eigenvalue weighted by Crippen LogP contribution is 2.27. The first kappa shape index (κ1) is 31.8.